The maximum atomic E-state index is 5.31. The molecule has 5 nitrogen and oxygen atoms in total. The molecular formula is C20H26N4O. The molecule has 5 heteroatoms. The van der Waals surface area contributed by atoms with Gasteiger partial charge in [-0.1, -0.05) is 61.3 Å². The predicted octanol–water partition coefficient (Wildman–Crippen LogP) is 4.94. The van der Waals surface area contributed by atoms with Gasteiger partial charge in [-0.3, -0.25) is 0 Å². The molecule has 25 heavy (non-hydrogen) atoms. The lowest BCUT2D eigenvalue weighted by molar-refractivity contribution is 0.488. The summed E-state index contributed by atoms with van der Waals surface area (Å²) in [6, 6.07) is 14.4. The molecule has 3 aromatic rings. The van der Waals surface area contributed by atoms with Crippen LogP contribution in [0, 0.1) is 0 Å². The van der Waals surface area contributed by atoms with Gasteiger partial charge in [0.2, 0.25) is 5.88 Å². The maximum absolute atomic E-state index is 5.31. The fourth-order valence-electron chi connectivity index (χ4n) is 3.10. The fourth-order valence-corrected chi connectivity index (χ4v) is 3.10. The molecular weight excluding hydrogens is 312 g/mol. The minimum absolute atomic E-state index is 0.373. The molecule has 0 saturated heterocycles. The third-order valence-corrected chi connectivity index (χ3v) is 4.60. The second kappa shape index (κ2) is 9.16. The summed E-state index contributed by atoms with van der Waals surface area (Å²) in [5, 5.41) is 12.8. The number of aromatic nitrogens is 4. The van der Waals surface area contributed by atoms with Crippen LogP contribution in [0.1, 0.15) is 62.8 Å². The van der Waals surface area contributed by atoms with Crippen molar-refractivity contribution >= 4 is 0 Å². The predicted molar refractivity (Wildman–Crippen MR) is 97.7 cm³/mol. The number of tetrazole rings is 1. The van der Waals surface area contributed by atoms with Crippen LogP contribution in [0.4, 0.5) is 0 Å². The summed E-state index contributed by atoms with van der Waals surface area (Å²) in [5.74, 6) is 1.80. The van der Waals surface area contributed by atoms with Crippen molar-refractivity contribution in [1.82, 2.24) is 20.2 Å². The van der Waals surface area contributed by atoms with Gasteiger partial charge in [0.25, 0.3) is 0 Å². The van der Waals surface area contributed by atoms with Crippen molar-refractivity contribution in [2.24, 2.45) is 0 Å². The zero-order chi connectivity index (χ0) is 17.3. The Morgan fingerprint density at radius 3 is 2.60 bits per heavy atom. The average Bonchev–Trinajstić information content (AvgIpc) is 3.33. The largest absolute Gasteiger partial charge is 0.445 e. The molecule has 2 heterocycles. The van der Waals surface area contributed by atoms with E-state index in [0.717, 1.165) is 18.7 Å². The summed E-state index contributed by atoms with van der Waals surface area (Å²) in [6.45, 7) is 2.19. The molecule has 1 unspecified atom stereocenters. The van der Waals surface area contributed by atoms with E-state index in [1.54, 1.807) is 6.26 Å². The van der Waals surface area contributed by atoms with E-state index in [1.165, 1.54) is 42.5 Å². The van der Waals surface area contributed by atoms with E-state index in [-0.39, 0.29) is 0 Å². The highest BCUT2D eigenvalue weighted by Crippen LogP contribution is 2.23. The summed E-state index contributed by atoms with van der Waals surface area (Å²) in [5.41, 5.74) is 1.44. The number of hydrogen-bond acceptors (Lipinski definition) is 4. The fraction of sp³-hybridized carbons (Fsp3) is 0.450. The molecule has 132 valence electrons. The maximum Gasteiger partial charge on any atom is 0.239 e. The van der Waals surface area contributed by atoms with Gasteiger partial charge >= 0.3 is 0 Å². The lowest BCUT2D eigenvalue weighted by atomic mass is 9.97. The van der Waals surface area contributed by atoms with Crippen LogP contribution >= 0.6 is 0 Å². The Balaban J connectivity index is 1.39. The number of hydrogen-bond donors (Lipinski definition) is 0. The van der Waals surface area contributed by atoms with Gasteiger partial charge in [0.15, 0.2) is 5.82 Å². The first-order chi connectivity index (χ1) is 12.4. The van der Waals surface area contributed by atoms with E-state index in [1.807, 2.05) is 12.1 Å². The Bertz CT molecular complexity index is 721. The molecule has 0 saturated carbocycles. The van der Waals surface area contributed by atoms with Crippen molar-refractivity contribution in [2.75, 3.05) is 0 Å². The minimum Gasteiger partial charge on any atom is -0.445 e. The molecule has 0 aliphatic rings. The number of aryl methyl sites for hydroxylation is 1. The lowest BCUT2D eigenvalue weighted by Gasteiger charge is -2.10. The Labute approximate surface area is 149 Å². The second-order valence-electron chi connectivity index (χ2n) is 6.43. The van der Waals surface area contributed by atoms with Crippen LogP contribution in [0.2, 0.25) is 0 Å². The summed E-state index contributed by atoms with van der Waals surface area (Å²) in [4.78, 5) is 1.47. The van der Waals surface area contributed by atoms with Gasteiger partial charge in [-0.05, 0) is 42.5 Å². The highest BCUT2D eigenvalue weighted by atomic mass is 16.3. The van der Waals surface area contributed by atoms with Crippen molar-refractivity contribution in [3.8, 4) is 5.88 Å². The highest BCUT2D eigenvalue weighted by Gasteiger charge is 2.16. The zero-order valence-corrected chi connectivity index (χ0v) is 14.8. The number of furan rings is 1. The number of nitrogens with zero attached hydrogens (tertiary/aromatic N) is 4. The Morgan fingerprint density at radius 1 is 1.00 bits per heavy atom. The SMILES string of the molecule is CCC(CCCCCCc1ccccc1)c1nnn(-c2ccco2)n1. The van der Waals surface area contributed by atoms with Crippen molar-refractivity contribution in [1.29, 1.82) is 0 Å². The van der Waals surface area contributed by atoms with Gasteiger partial charge < -0.3 is 4.42 Å². The molecule has 0 N–H and O–H groups in total. The quantitative estimate of drug-likeness (QED) is 0.491. The second-order valence-corrected chi connectivity index (χ2v) is 6.43. The molecule has 0 amide bonds. The van der Waals surface area contributed by atoms with E-state index in [4.69, 9.17) is 4.42 Å². The first-order valence-corrected chi connectivity index (χ1v) is 9.24. The lowest BCUT2D eigenvalue weighted by Crippen LogP contribution is -2.02. The topological polar surface area (TPSA) is 56.7 Å². The molecule has 1 aromatic carbocycles. The molecule has 0 aliphatic heterocycles. The molecule has 0 aliphatic carbocycles. The van der Waals surface area contributed by atoms with Crippen LogP contribution in [0.25, 0.3) is 5.88 Å². The zero-order valence-electron chi connectivity index (χ0n) is 14.8. The van der Waals surface area contributed by atoms with Gasteiger partial charge in [-0.2, -0.15) is 0 Å². The molecule has 3 rings (SSSR count). The third kappa shape index (κ3) is 5.02. The number of unbranched alkanes of at least 4 members (excludes halogenated alkanes) is 3. The average molecular weight is 338 g/mol. The molecule has 2 aromatic heterocycles. The Kier molecular flexibility index (Phi) is 6.37. The molecule has 1 atom stereocenters. The van der Waals surface area contributed by atoms with Crippen molar-refractivity contribution in [3.05, 3.63) is 60.1 Å². The van der Waals surface area contributed by atoms with Crippen LogP contribution in [0.3, 0.4) is 0 Å². The number of benzene rings is 1. The Hall–Kier alpha value is -2.43. The minimum atomic E-state index is 0.373. The summed E-state index contributed by atoms with van der Waals surface area (Å²) in [7, 11) is 0. The van der Waals surface area contributed by atoms with Crippen LogP contribution < -0.4 is 0 Å². The summed E-state index contributed by atoms with van der Waals surface area (Å²) < 4.78 is 5.31. The smallest absolute Gasteiger partial charge is 0.239 e. The first-order valence-electron chi connectivity index (χ1n) is 9.24. The van der Waals surface area contributed by atoms with Gasteiger partial charge in [0.1, 0.15) is 0 Å². The third-order valence-electron chi connectivity index (χ3n) is 4.60. The van der Waals surface area contributed by atoms with E-state index in [9.17, 15) is 0 Å². The molecule has 0 bridgehead atoms. The van der Waals surface area contributed by atoms with E-state index in [2.05, 4.69) is 52.7 Å². The van der Waals surface area contributed by atoms with Gasteiger partial charge in [0, 0.05) is 12.0 Å². The van der Waals surface area contributed by atoms with Gasteiger partial charge in [0.05, 0.1) is 6.26 Å². The summed E-state index contributed by atoms with van der Waals surface area (Å²) >= 11 is 0. The van der Waals surface area contributed by atoms with Crippen molar-refractivity contribution in [3.63, 3.8) is 0 Å². The monoisotopic (exact) mass is 338 g/mol. The van der Waals surface area contributed by atoms with E-state index >= 15 is 0 Å². The van der Waals surface area contributed by atoms with E-state index in [0.29, 0.717) is 11.8 Å². The normalized spacial score (nSPS) is 12.4. The van der Waals surface area contributed by atoms with Crippen molar-refractivity contribution < 1.29 is 4.42 Å². The van der Waals surface area contributed by atoms with Crippen molar-refractivity contribution in [2.45, 2.75) is 57.8 Å². The van der Waals surface area contributed by atoms with Crippen LogP contribution in [-0.4, -0.2) is 20.2 Å². The van der Waals surface area contributed by atoms with E-state index < -0.39 is 0 Å². The first kappa shape index (κ1) is 17.4. The van der Waals surface area contributed by atoms with Crippen LogP contribution in [-0.2, 0) is 6.42 Å². The Morgan fingerprint density at radius 2 is 1.84 bits per heavy atom. The van der Waals surface area contributed by atoms with Gasteiger partial charge in [-0.25, -0.2) is 0 Å². The summed E-state index contributed by atoms with van der Waals surface area (Å²) in [6.07, 6.45) is 9.95. The van der Waals surface area contributed by atoms with Crippen LogP contribution in [0.15, 0.2) is 53.1 Å². The molecule has 0 fully saturated rings. The van der Waals surface area contributed by atoms with Gasteiger partial charge in [-0.15, -0.1) is 10.2 Å². The van der Waals surface area contributed by atoms with Crippen LogP contribution in [0.5, 0.6) is 0 Å². The highest BCUT2D eigenvalue weighted by molar-refractivity contribution is 5.14. The molecule has 0 radical (unpaired) electrons. The standard InChI is InChI=1S/C20H26N4O/c1-2-18(20-21-23-24(22-20)19-15-10-16-25-19)14-9-4-3-6-11-17-12-7-5-8-13-17/h5,7-8,10,12-13,15-16,18H,2-4,6,9,11,14H2,1H3. The number of rotatable bonds is 10. The molecule has 0 spiro atoms.